The topological polar surface area (TPSA) is 50.9 Å². The summed E-state index contributed by atoms with van der Waals surface area (Å²) in [4.78, 5) is 4.20. The molecule has 4 heteroatoms. The van der Waals surface area contributed by atoms with Crippen molar-refractivity contribution in [1.29, 1.82) is 0 Å². The Bertz CT molecular complexity index is 412. The fraction of sp³-hybridized carbons (Fsp3) is 0.182. The quantitative estimate of drug-likeness (QED) is 0.773. The molecule has 15 heavy (non-hydrogen) atoms. The minimum atomic E-state index is 0.804. The summed E-state index contributed by atoms with van der Waals surface area (Å²) in [7, 11) is 0. The van der Waals surface area contributed by atoms with Crippen LogP contribution in [0.1, 0.15) is 11.3 Å². The Morgan fingerprint density at radius 1 is 1.33 bits per heavy atom. The molecule has 1 heterocycles. The molecule has 0 aliphatic rings. The molecule has 0 radical (unpaired) electrons. The molecular weight excluding hydrogens is 206 g/mol. The zero-order chi connectivity index (χ0) is 10.5. The Morgan fingerprint density at radius 2 is 2.27 bits per heavy atom. The minimum absolute atomic E-state index is 0.804. The molecule has 0 aliphatic carbocycles. The molecule has 0 amide bonds. The number of nitrogen functional groups attached to an aromatic ring is 1. The van der Waals surface area contributed by atoms with Gasteiger partial charge in [0, 0.05) is 24.2 Å². The van der Waals surface area contributed by atoms with Crippen molar-refractivity contribution in [1.82, 2.24) is 10.3 Å². The third-order valence-electron chi connectivity index (χ3n) is 2.07. The smallest absolute Gasteiger partial charge is 0.0795 e. The van der Waals surface area contributed by atoms with Crippen molar-refractivity contribution in [3.63, 3.8) is 0 Å². The molecule has 0 atom stereocenters. The summed E-state index contributed by atoms with van der Waals surface area (Å²) in [5, 5.41) is 5.37. The van der Waals surface area contributed by atoms with Crippen LogP contribution in [0.3, 0.4) is 0 Å². The molecule has 2 aromatic rings. The highest BCUT2D eigenvalue weighted by molar-refractivity contribution is 7.07. The first-order chi connectivity index (χ1) is 7.34. The molecule has 0 saturated heterocycles. The van der Waals surface area contributed by atoms with E-state index in [0.717, 1.165) is 24.5 Å². The van der Waals surface area contributed by atoms with Crippen molar-refractivity contribution in [2.45, 2.75) is 13.1 Å². The number of benzene rings is 1. The van der Waals surface area contributed by atoms with Crippen molar-refractivity contribution in [3.8, 4) is 0 Å². The van der Waals surface area contributed by atoms with Gasteiger partial charge < -0.3 is 11.1 Å². The Hall–Kier alpha value is -1.39. The van der Waals surface area contributed by atoms with Gasteiger partial charge in [-0.1, -0.05) is 12.1 Å². The van der Waals surface area contributed by atoms with Gasteiger partial charge in [-0.3, -0.25) is 0 Å². The van der Waals surface area contributed by atoms with E-state index in [2.05, 4.69) is 16.4 Å². The van der Waals surface area contributed by atoms with Crippen molar-refractivity contribution in [3.05, 3.63) is 46.4 Å². The number of aromatic nitrogens is 1. The summed E-state index contributed by atoms with van der Waals surface area (Å²) in [5.74, 6) is 0. The fourth-order valence-electron chi connectivity index (χ4n) is 1.36. The lowest BCUT2D eigenvalue weighted by molar-refractivity contribution is 0.683. The zero-order valence-corrected chi connectivity index (χ0v) is 9.13. The molecule has 0 fully saturated rings. The summed E-state index contributed by atoms with van der Waals surface area (Å²) in [6, 6.07) is 7.90. The molecule has 0 saturated carbocycles. The maximum Gasteiger partial charge on any atom is 0.0795 e. The van der Waals surface area contributed by atoms with Crippen molar-refractivity contribution in [2.75, 3.05) is 5.73 Å². The number of hydrogen-bond acceptors (Lipinski definition) is 4. The van der Waals surface area contributed by atoms with Crippen LogP contribution in [-0.2, 0) is 13.1 Å². The first-order valence-electron chi connectivity index (χ1n) is 4.77. The lowest BCUT2D eigenvalue weighted by Gasteiger charge is -2.03. The molecule has 3 nitrogen and oxygen atoms in total. The second-order valence-electron chi connectivity index (χ2n) is 3.33. The van der Waals surface area contributed by atoms with Gasteiger partial charge in [-0.15, -0.1) is 11.3 Å². The highest BCUT2D eigenvalue weighted by Gasteiger charge is 1.95. The summed E-state index contributed by atoms with van der Waals surface area (Å²) < 4.78 is 0. The van der Waals surface area contributed by atoms with Gasteiger partial charge in [0.25, 0.3) is 0 Å². The van der Waals surface area contributed by atoms with Gasteiger partial charge in [-0.05, 0) is 17.7 Å². The van der Waals surface area contributed by atoms with E-state index >= 15 is 0 Å². The summed E-state index contributed by atoms with van der Waals surface area (Å²) in [5.41, 5.74) is 10.6. The van der Waals surface area contributed by atoms with Crippen molar-refractivity contribution >= 4 is 17.0 Å². The van der Waals surface area contributed by atoms with Crippen LogP contribution in [0.15, 0.2) is 35.2 Å². The predicted octanol–water partition coefficient (Wildman–Crippen LogP) is 2.02. The van der Waals surface area contributed by atoms with Crippen LogP contribution in [0.2, 0.25) is 0 Å². The van der Waals surface area contributed by atoms with Gasteiger partial charge in [0.15, 0.2) is 0 Å². The molecule has 3 N–H and O–H groups in total. The van der Waals surface area contributed by atoms with Gasteiger partial charge >= 0.3 is 0 Å². The van der Waals surface area contributed by atoms with E-state index < -0.39 is 0 Å². The van der Waals surface area contributed by atoms with Gasteiger partial charge in [-0.2, -0.15) is 0 Å². The predicted molar refractivity (Wildman–Crippen MR) is 63.5 cm³/mol. The number of nitrogens with two attached hydrogens (primary N) is 1. The van der Waals surface area contributed by atoms with Crippen LogP contribution in [-0.4, -0.2) is 4.98 Å². The summed E-state index contributed by atoms with van der Waals surface area (Å²) >= 11 is 1.62. The number of anilines is 1. The molecule has 0 aliphatic heterocycles. The molecule has 1 aromatic carbocycles. The molecule has 2 rings (SSSR count). The van der Waals surface area contributed by atoms with E-state index in [1.807, 2.05) is 29.1 Å². The van der Waals surface area contributed by atoms with Gasteiger partial charge in [0.2, 0.25) is 0 Å². The number of nitrogens with one attached hydrogen (secondary N) is 1. The van der Waals surface area contributed by atoms with Crippen LogP contribution in [0.25, 0.3) is 0 Å². The lowest BCUT2D eigenvalue weighted by Crippen LogP contribution is -2.12. The normalized spacial score (nSPS) is 10.4. The average molecular weight is 219 g/mol. The summed E-state index contributed by atoms with van der Waals surface area (Å²) in [6.07, 6.45) is 0. The van der Waals surface area contributed by atoms with E-state index in [1.54, 1.807) is 11.3 Å². The van der Waals surface area contributed by atoms with Crippen molar-refractivity contribution < 1.29 is 0 Å². The van der Waals surface area contributed by atoms with Crippen molar-refractivity contribution in [2.24, 2.45) is 0 Å². The first kappa shape index (κ1) is 10.1. The maximum absolute atomic E-state index is 5.69. The van der Waals surface area contributed by atoms with Gasteiger partial charge in [0.05, 0.1) is 11.2 Å². The van der Waals surface area contributed by atoms with Gasteiger partial charge in [-0.25, -0.2) is 4.98 Å². The number of hydrogen-bond donors (Lipinski definition) is 2. The number of nitrogens with zero attached hydrogens (tertiary/aromatic N) is 1. The van der Waals surface area contributed by atoms with Crippen LogP contribution < -0.4 is 11.1 Å². The second kappa shape index (κ2) is 4.91. The van der Waals surface area contributed by atoms with E-state index in [9.17, 15) is 0 Å². The van der Waals surface area contributed by atoms with E-state index in [0.29, 0.717) is 0 Å². The summed E-state index contributed by atoms with van der Waals surface area (Å²) in [6.45, 7) is 1.63. The first-order valence-corrected chi connectivity index (χ1v) is 5.71. The Labute approximate surface area is 93.0 Å². The van der Waals surface area contributed by atoms with Crippen LogP contribution in [0, 0.1) is 0 Å². The highest BCUT2D eigenvalue weighted by Crippen LogP contribution is 2.06. The third kappa shape index (κ3) is 3.04. The van der Waals surface area contributed by atoms with E-state index in [-0.39, 0.29) is 0 Å². The SMILES string of the molecule is Nc1cccc(CNCc2cscn2)c1. The standard InChI is InChI=1S/C11H13N3S/c12-10-3-1-2-9(4-10)5-13-6-11-7-15-8-14-11/h1-4,7-8,13H,5-6,12H2. The number of rotatable bonds is 4. The average Bonchev–Trinajstić information content (AvgIpc) is 2.71. The van der Waals surface area contributed by atoms with Crippen LogP contribution in [0.4, 0.5) is 5.69 Å². The van der Waals surface area contributed by atoms with E-state index in [4.69, 9.17) is 5.73 Å². The largest absolute Gasteiger partial charge is 0.399 e. The monoisotopic (exact) mass is 219 g/mol. The third-order valence-corrected chi connectivity index (χ3v) is 2.71. The Balaban J connectivity index is 1.83. The molecule has 1 aromatic heterocycles. The Kier molecular flexibility index (Phi) is 3.32. The van der Waals surface area contributed by atoms with Gasteiger partial charge in [0.1, 0.15) is 0 Å². The highest BCUT2D eigenvalue weighted by atomic mass is 32.1. The van der Waals surface area contributed by atoms with Crippen LogP contribution in [0.5, 0.6) is 0 Å². The molecule has 78 valence electrons. The maximum atomic E-state index is 5.69. The fourth-order valence-corrected chi connectivity index (χ4v) is 1.92. The second-order valence-corrected chi connectivity index (χ2v) is 4.05. The zero-order valence-electron chi connectivity index (χ0n) is 8.31. The molecular formula is C11H13N3S. The molecule has 0 spiro atoms. The lowest BCUT2D eigenvalue weighted by atomic mass is 10.2. The minimum Gasteiger partial charge on any atom is -0.399 e. The van der Waals surface area contributed by atoms with E-state index in [1.165, 1.54) is 5.56 Å². The molecule has 0 unspecified atom stereocenters. The van der Waals surface area contributed by atoms with Crippen LogP contribution >= 0.6 is 11.3 Å². The molecule has 0 bridgehead atoms. The number of thiazole rings is 1. The Morgan fingerprint density at radius 3 is 3.00 bits per heavy atom.